The van der Waals surface area contributed by atoms with E-state index >= 15 is 0 Å². The Hall–Kier alpha value is -3.22. The van der Waals surface area contributed by atoms with Gasteiger partial charge in [0, 0.05) is 37.3 Å². The van der Waals surface area contributed by atoms with E-state index in [1.165, 1.54) is 0 Å². The molecule has 154 valence electrons. The molecule has 7 nitrogen and oxygen atoms in total. The first-order chi connectivity index (χ1) is 14.6. The number of nitrogens with one attached hydrogen (secondary N) is 1. The van der Waals surface area contributed by atoms with Crippen molar-refractivity contribution in [3.8, 4) is 0 Å². The first kappa shape index (κ1) is 18.8. The maximum Gasteiger partial charge on any atom is 0.254 e. The van der Waals surface area contributed by atoms with Crippen molar-refractivity contribution in [2.24, 2.45) is 0 Å². The van der Waals surface area contributed by atoms with Crippen LogP contribution in [0.5, 0.6) is 0 Å². The molecule has 2 unspecified atom stereocenters. The fourth-order valence-corrected chi connectivity index (χ4v) is 4.70. The molecule has 7 heteroatoms. The second-order valence-electron chi connectivity index (χ2n) is 8.26. The summed E-state index contributed by atoms with van der Waals surface area (Å²) in [6.45, 7) is 3.90. The molecular formula is C23H25N5O2. The van der Waals surface area contributed by atoms with Crippen molar-refractivity contribution in [1.29, 1.82) is 0 Å². The maximum atomic E-state index is 13.3. The highest BCUT2D eigenvalue weighted by Gasteiger charge is 2.39. The van der Waals surface area contributed by atoms with Crippen molar-refractivity contribution in [2.75, 3.05) is 19.6 Å². The number of carbonyl (C=O) groups is 2. The number of fused-ring (bicyclic) bond motifs is 1. The third kappa shape index (κ3) is 3.24. The van der Waals surface area contributed by atoms with Crippen LogP contribution in [0.3, 0.4) is 0 Å². The number of hydrogen-bond acceptors (Lipinski definition) is 4. The Morgan fingerprint density at radius 2 is 2.00 bits per heavy atom. The van der Waals surface area contributed by atoms with Crippen LogP contribution in [0, 0.1) is 6.92 Å². The van der Waals surface area contributed by atoms with Crippen molar-refractivity contribution in [2.45, 2.75) is 38.1 Å². The Labute approximate surface area is 175 Å². The molecule has 1 N–H and O–H groups in total. The summed E-state index contributed by atoms with van der Waals surface area (Å²) < 4.78 is 0. The number of aromatic amines is 1. The lowest BCUT2D eigenvalue weighted by molar-refractivity contribution is -0.134. The number of rotatable bonds is 3. The van der Waals surface area contributed by atoms with Gasteiger partial charge in [0.05, 0.1) is 17.2 Å². The van der Waals surface area contributed by atoms with Crippen LogP contribution in [0.15, 0.2) is 42.7 Å². The summed E-state index contributed by atoms with van der Waals surface area (Å²) in [4.78, 5) is 42.3. The van der Waals surface area contributed by atoms with Crippen LogP contribution in [0.4, 0.5) is 0 Å². The van der Waals surface area contributed by atoms with Gasteiger partial charge in [-0.1, -0.05) is 18.2 Å². The monoisotopic (exact) mass is 403 g/mol. The highest BCUT2D eigenvalue weighted by molar-refractivity contribution is 5.99. The van der Waals surface area contributed by atoms with E-state index in [-0.39, 0.29) is 23.8 Å². The highest BCUT2D eigenvalue weighted by Crippen LogP contribution is 2.30. The summed E-state index contributed by atoms with van der Waals surface area (Å²) in [5, 5.41) is 0. The summed E-state index contributed by atoms with van der Waals surface area (Å²) in [6.07, 6.45) is 5.97. The predicted molar refractivity (Wildman–Crippen MR) is 113 cm³/mol. The molecule has 2 saturated heterocycles. The predicted octanol–water partition coefficient (Wildman–Crippen LogP) is 2.89. The van der Waals surface area contributed by atoms with Crippen molar-refractivity contribution < 1.29 is 9.59 Å². The Morgan fingerprint density at radius 3 is 2.83 bits per heavy atom. The van der Waals surface area contributed by atoms with Crippen LogP contribution < -0.4 is 0 Å². The summed E-state index contributed by atoms with van der Waals surface area (Å²) in [5.74, 6) is 1.12. The minimum absolute atomic E-state index is 0.0375. The summed E-state index contributed by atoms with van der Waals surface area (Å²) >= 11 is 0. The van der Waals surface area contributed by atoms with E-state index in [0.717, 1.165) is 41.7 Å². The Morgan fingerprint density at radius 1 is 1.13 bits per heavy atom. The first-order valence-corrected chi connectivity index (χ1v) is 10.6. The SMILES string of the molecule is Cc1ccccc1C(=O)N1CCCC1C(=O)N1CCC(c2nc3ccncc3[nH]2)C1. The molecule has 2 aromatic heterocycles. The standard InChI is InChI=1S/C23H25N5O2/c1-15-5-2-3-6-17(15)22(29)28-11-4-7-20(28)23(30)27-12-9-16(14-27)21-25-18-8-10-24-13-19(18)26-21/h2-3,5-6,8,10,13,16,20H,4,7,9,11-12,14H2,1H3,(H,25,26). The normalized spacial score (nSPS) is 21.5. The van der Waals surface area contributed by atoms with Crippen molar-refractivity contribution >= 4 is 22.8 Å². The molecule has 0 bridgehead atoms. The molecular weight excluding hydrogens is 378 g/mol. The van der Waals surface area contributed by atoms with E-state index in [4.69, 9.17) is 0 Å². The summed E-state index contributed by atoms with van der Waals surface area (Å²) in [6, 6.07) is 9.11. The molecule has 2 aliphatic rings. The largest absolute Gasteiger partial charge is 0.340 e. The molecule has 2 atom stereocenters. The maximum absolute atomic E-state index is 13.3. The molecule has 2 aliphatic heterocycles. The second kappa shape index (κ2) is 7.55. The van der Waals surface area contributed by atoms with Crippen LogP contribution in [-0.2, 0) is 4.79 Å². The number of nitrogens with zero attached hydrogens (tertiary/aromatic N) is 4. The van der Waals surface area contributed by atoms with Crippen LogP contribution in [0.2, 0.25) is 0 Å². The second-order valence-corrected chi connectivity index (χ2v) is 8.26. The topological polar surface area (TPSA) is 82.2 Å². The number of H-pyrrole nitrogens is 1. The molecule has 0 aliphatic carbocycles. The van der Waals surface area contributed by atoms with Crippen LogP contribution in [-0.4, -0.2) is 62.2 Å². The number of pyridine rings is 1. The van der Waals surface area contributed by atoms with Crippen LogP contribution >= 0.6 is 0 Å². The zero-order valence-electron chi connectivity index (χ0n) is 17.0. The number of imidazole rings is 1. The number of benzene rings is 1. The zero-order chi connectivity index (χ0) is 20.7. The molecule has 2 amide bonds. The van der Waals surface area contributed by atoms with E-state index in [1.807, 2.05) is 42.2 Å². The van der Waals surface area contributed by atoms with Gasteiger partial charge in [0.2, 0.25) is 5.91 Å². The van der Waals surface area contributed by atoms with Gasteiger partial charge in [0.25, 0.3) is 5.91 Å². The Bertz CT molecular complexity index is 1070. The third-order valence-corrected chi connectivity index (χ3v) is 6.36. The number of carbonyl (C=O) groups excluding carboxylic acids is 2. The van der Waals surface area contributed by atoms with Crippen LogP contribution in [0.25, 0.3) is 11.0 Å². The molecule has 0 saturated carbocycles. The van der Waals surface area contributed by atoms with Crippen molar-refractivity contribution in [3.63, 3.8) is 0 Å². The van der Waals surface area contributed by atoms with Gasteiger partial charge in [0.15, 0.2) is 0 Å². The van der Waals surface area contributed by atoms with Crippen molar-refractivity contribution in [3.05, 3.63) is 59.7 Å². The zero-order valence-corrected chi connectivity index (χ0v) is 17.0. The number of aryl methyl sites for hydroxylation is 1. The lowest BCUT2D eigenvalue weighted by Gasteiger charge is -2.28. The Kier molecular flexibility index (Phi) is 4.73. The summed E-state index contributed by atoms with van der Waals surface area (Å²) in [5.41, 5.74) is 3.45. The smallest absolute Gasteiger partial charge is 0.254 e. The minimum Gasteiger partial charge on any atom is -0.340 e. The molecule has 30 heavy (non-hydrogen) atoms. The highest BCUT2D eigenvalue weighted by atomic mass is 16.2. The molecule has 5 rings (SSSR count). The van der Waals surface area contributed by atoms with Crippen LogP contribution in [0.1, 0.15) is 46.9 Å². The lowest BCUT2D eigenvalue weighted by atomic mass is 10.1. The average molecular weight is 403 g/mol. The lowest BCUT2D eigenvalue weighted by Crippen LogP contribution is -2.47. The molecule has 0 radical (unpaired) electrons. The quantitative estimate of drug-likeness (QED) is 0.729. The molecule has 2 fully saturated rings. The van der Waals surface area contributed by atoms with E-state index in [0.29, 0.717) is 25.2 Å². The summed E-state index contributed by atoms with van der Waals surface area (Å²) in [7, 11) is 0. The van der Waals surface area contributed by atoms with Gasteiger partial charge in [-0.25, -0.2) is 4.98 Å². The third-order valence-electron chi connectivity index (χ3n) is 6.36. The molecule has 3 aromatic rings. The fourth-order valence-electron chi connectivity index (χ4n) is 4.70. The van der Waals surface area contributed by atoms with Crippen molar-refractivity contribution in [1.82, 2.24) is 24.8 Å². The van der Waals surface area contributed by atoms with Gasteiger partial charge in [0.1, 0.15) is 11.9 Å². The van der Waals surface area contributed by atoms with Gasteiger partial charge in [-0.2, -0.15) is 0 Å². The number of aromatic nitrogens is 3. The van der Waals surface area contributed by atoms with Gasteiger partial charge in [-0.15, -0.1) is 0 Å². The van der Waals surface area contributed by atoms with Gasteiger partial charge < -0.3 is 14.8 Å². The average Bonchev–Trinajstić information content (AvgIpc) is 3.51. The minimum atomic E-state index is -0.365. The molecule has 0 spiro atoms. The van der Waals surface area contributed by atoms with Gasteiger partial charge in [-0.05, 0) is 43.9 Å². The van der Waals surface area contributed by atoms with Gasteiger partial charge in [-0.3, -0.25) is 14.6 Å². The molecule has 4 heterocycles. The molecule has 1 aromatic carbocycles. The van der Waals surface area contributed by atoms with E-state index in [1.54, 1.807) is 17.3 Å². The number of hydrogen-bond donors (Lipinski definition) is 1. The van der Waals surface area contributed by atoms with E-state index in [9.17, 15) is 9.59 Å². The number of likely N-dealkylation sites (tertiary alicyclic amines) is 2. The fraction of sp³-hybridized carbons (Fsp3) is 0.391. The first-order valence-electron chi connectivity index (χ1n) is 10.6. The van der Waals surface area contributed by atoms with Gasteiger partial charge >= 0.3 is 0 Å². The van der Waals surface area contributed by atoms with E-state index in [2.05, 4.69) is 15.0 Å². The Balaban J connectivity index is 1.30. The van der Waals surface area contributed by atoms with E-state index < -0.39 is 0 Å². The number of amides is 2.